The number of methoxy groups -OCH3 is 1. The first-order valence-electron chi connectivity index (χ1n) is 6.03. The third-order valence-electron chi connectivity index (χ3n) is 2.71. The zero-order chi connectivity index (χ0) is 16.2. The SMILES string of the molecule is COCC(C)C(=O)Nc1cc(C(=O)O)cc(S(C)(=O)=O)c1. The lowest BCUT2D eigenvalue weighted by Gasteiger charge is -2.12. The van der Waals surface area contributed by atoms with E-state index >= 15 is 0 Å². The Morgan fingerprint density at radius 1 is 1.33 bits per heavy atom. The maximum atomic E-state index is 11.9. The lowest BCUT2D eigenvalue weighted by Crippen LogP contribution is -2.24. The van der Waals surface area contributed by atoms with Crippen LogP contribution in [0.5, 0.6) is 0 Å². The molecular weight excluding hydrogens is 298 g/mol. The molecule has 0 aliphatic heterocycles. The van der Waals surface area contributed by atoms with E-state index in [0.29, 0.717) is 0 Å². The Morgan fingerprint density at radius 2 is 1.95 bits per heavy atom. The van der Waals surface area contributed by atoms with Crippen molar-refractivity contribution in [2.45, 2.75) is 11.8 Å². The lowest BCUT2D eigenvalue weighted by atomic mass is 10.1. The van der Waals surface area contributed by atoms with E-state index in [-0.39, 0.29) is 28.7 Å². The molecule has 0 spiro atoms. The second-order valence-corrected chi connectivity index (χ2v) is 6.68. The number of carboxylic acid groups (broad SMARTS) is 1. The molecule has 7 nitrogen and oxygen atoms in total. The van der Waals surface area contributed by atoms with Crippen LogP contribution >= 0.6 is 0 Å². The number of amides is 1. The highest BCUT2D eigenvalue weighted by atomic mass is 32.2. The number of hydrogen-bond donors (Lipinski definition) is 2. The van der Waals surface area contributed by atoms with Gasteiger partial charge in [-0.2, -0.15) is 0 Å². The average Bonchev–Trinajstić information content (AvgIpc) is 2.37. The highest BCUT2D eigenvalue weighted by molar-refractivity contribution is 7.90. The number of anilines is 1. The lowest BCUT2D eigenvalue weighted by molar-refractivity contribution is -0.120. The molecule has 1 atom stereocenters. The van der Waals surface area contributed by atoms with Crippen molar-refractivity contribution >= 4 is 27.4 Å². The van der Waals surface area contributed by atoms with Gasteiger partial charge >= 0.3 is 5.97 Å². The zero-order valence-corrected chi connectivity index (χ0v) is 12.7. The Morgan fingerprint density at radius 3 is 2.43 bits per heavy atom. The fourth-order valence-corrected chi connectivity index (χ4v) is 2.28. The Kier molecular flexibility index (Phi) is 5.45. The molecule has 1 aromatic rings. The second kappa shape index (κ2) is 6.68. The van der Waals surface area contributed by atoms with Crippen molar-refractivity contribution in [3.8, 4) is 0 Å². The number of carbonyl (C=O) groups is 2. The van der Waals surface area contributed by atoms with E-state index in [1.807, 2.05) is 0 Å². The normalized spacial score (nSPS) is 12.7. The maximum absolute atomic E-state index is 11.9. The number of carboxylic acids is 1. The summed E-state index contributed by atoms with van der Waals surface area (Å²) in [5, 5.41) is 11.5. The molecule has 2 N–H and O–H groups in total. The largest absolute Gasteiger partial charge is 0.478 e. The van der Waals surface area contributed by atoms with E-state index in [9.17, 15) is 18.0 Å². The molecular formula is C13H17NO6S. The van der Waals surface area contributed by atoms with Crippen LogP contribution in [0.25, 0.3) is 0 Å². The van der Waals surface area contributed by atoms with Gasteiger partial charge in [0.2, 0.25) is 5.91 Å². The first-order chi connectivity index (χ1) is 9.65. The molecule has 0 bridgehead atoms. The van der Waals surface area contributed by atoms with Crippen LogP contribution in [0.3, 0.4) is 0 Å². The quantitative estimate of drug-likeness (QED) is 0.810. The molecule has 1 rings (SSSR count). The van der Waals surface area contributed by atoms with Crippen LogP contribution in [0.2, 0.25) is 0 Å². The Balaban J connectivity index is 3.15. The van der Waals surface area contributed by atoms with Crippen LogP contribution in [0.4, 0.5) is 5.69 Å². The van der Waals surface area contributed by atoms with Crippen molar-refractivity contribution in [1.82, 2.24) is 0 Å². The number of carbonyl (C=O) groups excluding carboxylic acids is 1. The van der Waals surface area contributed by atoms with Gasteiger partial charge in [0, 0.05) is 19.1 Å². The molecule has 0 heterocycles. The Bertz CT molecular complexity index is 653. The van der Waals surface area contributed by atoms with E-state index in [4.69, 9.17) is 9.84 Å². The highest BCUT2D eigenvalue weighted by Gasteiger charge is 2.17. The summed E-state index contributed by atoms with van der Waals surface area (Å²) in [6.45, 7) is 1.83. The van der Waals surface area contributed by atoms with E-state index < -0.39 is 21.7 Å². The van der Waals surface area contributed by atoms with Crippen LogP contribution in [0, 0.1) is 5.92 Å². The number of hydrogen-bond acceptors (Lipinski definition) is 5. The second-order valence-electron chi connectivity index (χ2n) is 4.67. The molecule has 1 aromatic carbocycles. The fourth-order valence-electron chi connectivity index (χ4n) is 1.60. The summed E-state index contributed by atoms with van der Waals surface area (Å²) >= 11 is 0. The first-order valence-corrected chi connectivity index (χ1v) is 7.92. The van der Waals surface area contributed by atoms with Crippen molar-refractivity contribution in [3.63, 3.8) is 0 Å². The molecule has 21 heavy (non-hydrogen) atoms. The predicted octanol–water partition coefficient (Wildman–Crippen LogP) is 1.01. The molecule has 0 aromatic heterocycles. The summed E-state index contributed by atoms with van der Waals surface area (Å²) < 4.78 is 28.0. The average molecular weight is 315 g/mol. The van der Waals surface area contributed by atoms with Crippen molar-refractivity contribution in [2.75, 3.05) is 25.3 Å². The molecule has 1 amide bonds. The minimum Gasteiger partial charge on any atom is -0.478 e. The van der Waals surface area contributed by atoms with Gasteiger partial charge in [-0.25, -0.2) is 13.2 Å². The van der Waals surface area contributed by atoms with Gasteiger partial charge in [0.25, 0.3) is 0 Å². The van der Waals surface area contributed by atoms with Gasteiger partial charge in [0.15, 0.2) is 9.84 Å². The van der Waals surface area contributed by atoms with Gasteiger partial charge in [0.1, 0.15) is 0 Å². The minimum atomic E-state index is -3.59. The topological polar surface area (TPSA) is 110 Å². The third kappa shape index (κ3) is 4.83. The van der Waals surface area contributed by atoms with E-state index in [2.05, 4.69) is 5.32 Å². The van der Waals surface area contributed by atoms with Gasteiger partial charge < -0.3 is 15.2 Å². The monoisotopic (exact) mass is 315 g/mol. The fraction of sp³-hybridized carbons (Fsp3) is 0.385. The number of aromatic carboxylic acids is 1. The molecule has 8 heteroatoms. The molecule has 1 unspecified atom stereocenters. The van der Waals surface area contributed by atoms with Crippen LogP contribution in [0.1, 0.15) is 17.3 Å². The van der Waals surface area contributed by atoms with Crippen LogP contribution in [-0.4, -0.2) is 45.4 Å². The molecule has 0 saturated heterocycles. The first kappa shape index (κ1) is 17.1. The van der Waals surface area contributed by atoms with Crippen molar-refractivity contribution in [2.24, 2.45) is 5.92 Å². The molecule has 0 fully saturated rings. The van der Waals surface area contributed by atoms with Crippen molar-refractivity contribution < 1.29 is 27.9 Å². The minimum absolute atomic E-state index is 0.114. The van der Waals surface area contributed by atoms with E-state index in [0.717, 1.165) is 12.3 Å². The van der Waals surface area contributed by atoms with Gasteiger partial charge in [-0.3, -0.25) is 4.79 Å². The third-order valence-corrected chi connectivity index (χ3v) is 3.81. The number of nitrogens with one attached hydrogen (secondary N) is 1. The Hall–Kier alpha value is -1.93. The standard InChI is InChI=1S/C13H17NO6S/c1-8(7-20-2)12(15)14-10-4-9(13(16)17)5-11(6-10)21(3,18)19/h4-6,8H,7H2,1-3H3,(H,14,15)(H,16,17). The summed E-state index contributed by atoms with van der Waals surface area (Å²) in [7, 11) is -2.13. The molecule has 0 aliphatic rings. The predicted molar refractivity (Wildman–Crippen MR) is 76.2 cm³/mol. The number of sulfone groups is 1. The molecule has 0 radical (unpaired) electrons. The smallest absolute Gasteiger partial charge is 0.335 e. The number of ether oxygens (including phenoxy) is 1. The van der Waals surface area contributed by atoms with E-state index in [1.165, 1.54) is 19.2 Å². The zero-order valence-electron chi connectivity index (χ0n) is 11.9. The van der Waals surface area contributed by atoms with Gasteiger partial charge in [0.05, 0.1) is 23.0 Å². The molecule has 0 saturated carbocycles. The van der Waals surface area contributed by atoms with Gasteiger partial charge in [-0.15, -0.1) is 0 Å². The van der Waals surface area contributed by atoms with Crippen LogP contribution < -0.4 is 5.32 Å². The van der Waals surface area contributed by atoms with Crippen molar-refractivity contribution in [1.29, 1.82) is 0 Å². The highest BCUT2D eigenvalue weighted by Crippen LogP contribution is 2.20. The van der Waals surface area contributed by atoms with Crippen LogP contribution in [0.15, 0.2) is 23.1 Å². The molecule has 0 aliphatic carbocycles. The maximum Gasteiger partial charge on any atom is 0.335 e. The van der Waals surface area contributed by atoms with Gasteiger partial charge in [-0.05, 0) is 18.2 Å². The summed E-state index contributed by atoms with van der Waals surface area (Å²) in [5.41, 5.74) is -0.101. The summed E-state index contributed by atoms with van der Waals surface area (Å²) in [5.74, 6) is -2.12. The van der Waals surface area contributed by atoms with E-state index in [1.54, 1.807) is 6.92 Å². The number of benzene rings is 1. The summed E-state index contributed by atoms with van der Waals surface area (Å²) in [6, 6.07) is 3.47. The number of rotatable bonds is 6. The van der Waals surface area contributed by atoms with Crippen LogP contribution in [-0.2, 0) is 19.4 Å². The molecule has 116 valence electrons. The summed E-state index contributed by atoms with van der Waals surface area (Å²) in [6.07, 6.45) is 0.965. The van der Waals surface area contributed by atoms with Gasteiger partial charge in [-0.1, -0.05) is 6.92 Å². The van der Waals surface area contributed by atoms with Crippen molar-refractivity contribution in [3.05, 3.63) is 23.8 Å². The summed E-state index contributed by atoms with van der Waals surface area (Å²) in [4.78, 5) is 22.7. The Labute approximate surface area is 122 Å².